The van der Waals surface area contributed by atoms with Crippen molar-refractivity contribution in [3.8, 4) is 11.5 Å². The second-order valence-corrected chi connectivity index (χ2v) is 7.64. The molecule has 0 aliphatic heterocycles. The Morgan fingerprint density at radius 3 is 2.03 bits per heavy atom. The Labute approximate surface area is 201 Å². The number of carbonyl (C=O) groups excluding carboxylic acids is 4. The number of para-hydroxylation sites is 1. The zero-order chi connectivity index (χ0) is 24.9. The van der Waals surface area contributed by atoms with Crippen LogP contribution in [0.4, 0.5) is 5.69 Å². The molecule has 0 spiro atoms. The summed E-state index contributed by atoms with van der Waals surface area (Å²) in [4.78, 5) is 53.1. The number of nitrogens with zero attached hydrogens (tertiary/aromatic N) is 1. The lowest BCUT2D eigenvalue weighted by Gasteiger charge is -2.26. The van der Waals surface area contributed by atoms with Crippen LogP contribution in [0.3, 0.4) is 0 Å². The number of hydrogen-bond donors (Lipinski definition) is 1. The zero-order valence-corrected chi connectivity index (χ0v) is 19.1. The van der Waals surface area contributed by atoms with E-state index in [1.165, 1.54) is 31.3 Å². The van der Waals surface area contributed by atoms with Gasteiger partial charge in [0.2, 0.25) is 5.78 Å². The van der Waals surface area contributed by atoms with Crippen molar-refractivity contribution in [2.24, 2.45) is 0 Å². The van der Waals surface area contributed by atoms with Gasteiger partial charge in [-0.15, -0.1) is 0 Å². The minimum absolute atomic E-state index is 0.0264. The highest BCUT2D eigenvalue weighted by molar-refractivity contribution is 6.42. The number of carbonyl (C=O) groups is 4. The average molecular weight is 470 g/mol. The molecule has 0 bridgehead atoms. The molecule has 0 unspecified atom stereocenters. The minimum Gasteiger partial charge on any atom is -0.494 e. The largest absolute Gasteiger partial charge is 0.494 e. The predicted octanol–water partition coefficient (Wildman–Crippen LogP) is 3.32. The highest BCUT2D eigenvalue weighted by Gasteiger charge is 2.32. The van der Waals surface area contributed by atoms with Crippen molar-refractivity contribution >= 4 is 29.1 Å². The smallest absolute Gasteiger partial charge is 0.317 e. The summed E-state index contributed by atoms with van der Waals surface area (Å²) in [7, 11) is 2.89. The molecule has 3 aromatic rings. The molecule has 35 heavy (non-hydrogen) atoms. The van der Waals surface area contributed by atoms with Gasteiger partial charge >= 0.3 is 11.8 Å². The summed E-state index contributed by atoms with van der Waals surface area (Å²) >= 11 is 0. The number of amides is 2. The molecule has 0 saturated carbocycles. The molecule has 0 heterocycles. The molecule has 1 N–H and O–H groups in total. The number of anilines is 1. The van der Waals surface area contributed by atoms with E-state index in [-0.39, 0.29) is 29.1 Å². The van der Waals surface area contributed by atoms with Crippen LogP contribution in [-0.2, 0) is 16.1 Å². The molecule has 0 aromatic heterocycles. The number of methoxy groups -OCH3 is 2. The summed E-state index contributed by atoms with van der Waals surface area (Å²) in [6.45, 7) is 0.0264. The fraction of sp³-hybridized carbons (Fsp3) is 0.111. The first-order valence-corrected chi connectivity index (χ1v) is 10.7. The van der Waals surface area contributed by atoms with Crippen LogP contribution in [0.5, 0.6) is 11.5 Å². The maximum atomic E-state index is 13.5. The Bertz CT molecular complexity index is 1320. The maximum absolute atomic E-state index is 13.5. The van der Waals surface area contributed by atoms with Gasteiger partial charge in [0.05, 0.1) is 26.5 Å². The molecule has 0 fully saturated rings. The zero-order valence-electron chi connectivity index (χ0n) is 19.1. The number of nitrogens with one attached hydrogen (secondary N) is 1. The molecule has 1 aliphatic carbocycles. The van der Waals surface area contributed by atoms with E-state index < -0.39 is 23.4 Å². The van der Waals surface area contributed by atoms with Gasteiger partial charge < -0.3 is 14.8 Å². The molecule has 1 aliphatic rings. The summed E-state index contributed by atoms with van der Waals surface area (Å²) in [6, 6.07) is 20.4. The first kappa shape index (κ1) is 23.4. The van der Waals surface area contributed by atoms with Crippen LogP contribution < -0.4 is 19.7 Å². The van der Waals surface area contributed by atoms with E-state index in [0.29, 0.717) is 11.5 Å². The third-order valence-electron chi connectivity index (χ3n) is 5.50. The Hall–Kier alpha value is -4.72. The number of allylic oxidation sites excluding steroid dienone is 2. The van der Waals surface area contributed by atoms with Crippen molar-refractivity contribution in [1.29, 1.82) is 0 Å². The van der Waals surface area contributed by atoms with Gasteiger partial charge in [-0.2, -0.15) is 0 Å². The fourth-order valence-corrected chi connectivity index (χ4v) is 3.82. The molecule has 0 atom stereocenters. The first-order chi connectivity index (χ1) is 16.9. The third-order valence-corrected chi connectivity index (χ3v) is 5.50. The molecule has 0 saturated heterocycles. The molecule has 0 radical (unpaired) electrons. The standard InChI is InChI=1S/C27H22N2O6/c1-34-22-13-8-14-23(35-2)24(22)29(16-17-9-4-3-5-10-17)27(33)26(32)28-20-15-21(30)18-11-6-7-12-19(18)25(20)31/h3-15H,16H2,1-2H3,(H,28,32). The normalized spacial score (nSPS) is 12.3. The number of benzene rings is 3. The molecule has 176 valence electrons. The fourth-order valence-electron chi connectivity index (χ4n) is 3.82. The monoisotopic (exact) mass is 470 g/mol. The number of hydrogen-bond acceptors (Lipinski definition) is 6. The van der Waals surface area contributed by atoms with Crippen molar-refractivity contribution in [3.63, 3.8) is 0 Å². The van der Waals surface area contributed by atoms with Crippen LogP contribution in [0.1, 0.15) is 26.3 Å². The summed E-state index contributed by atoms with van der Waals surface area (Å²) in [5.41, 5.74) is 1.14. The average Bonchev–Trinajstić information content (AvgIpc) is 2.90. The molecule has 2 amide bonds. The van der Waals surface area contributed by atoms with Gasteiger partial charge in [0, 0.05) is 17.2 Å². The number of Topliss-reactive ketones (excluding diaryl/α,β-unsaturated/α-hetero) is 1. The van der Waals surface area contributed by atoms with Gasteiger partial charge in [-0.1, -0.05) is 60.7 Å². The highest BCUT2D eigenvalue weighted by Crippen LogP contribution is 2.38. The Morgan fingerprint density at radius 2 is 1.40 bits per heavy atom. The number of rotatable bonds is 6. The van der Waals surface area contributed by atoms with E-state index in [0.717, 1.165) is 11.6 Å². The van der Waals surface area contributed by atoms with Crippen LogP contribution in [0, 0.1) is 0 Å². The lowest BCUT2D eigenvalue weighted by molar-refractivity contribution is -0.137. The van der Waals surface area contributed by atoms with Gasteiger partial charge in [-0.05, 0) is 17.7 Å². The molecule has 3 aromatic carbocycles. The van der Waals surface area contributed by atoms with Crippen molar-refractivity contribution < 1.29 is 28.7 Å². The summed E-state index contributed by atoms with van der Waals surface area (Å²) in [5.74, 6) is -2.39. The number of ether oxygens (including phenoxy) is 2. The minimum atomic E-state index is -1.08. The van der Waals surface area contributed by atoms with E-state index in [1.54, 1.807) is 30.3 Å². The van der Waals surface area contributed by atoms with Gasteiger partial charge in [-0.25, -0.2) is 0 Å². The second-order valence-electron chi connectivity index (χ2n) is 7.64. The van der Waals surface area contributed by atoms with Crippen LogP contribution >= 0.6 is 0 Å². The van der Waals surface area contributed by atoms with E-state index in [4.69, 9.17) is 9.47 Å². The number of fused-ring (bicyclic) bond motifs is 1. The van der Waals surface area contributed by atoms with Crippen LogP contribution in [0.2, 0.25) is 0 Å². The van der Waals surface area contributed by atoms with Crippen molar-refractivity contribution in [1.82, 2.24) is 5.32 Å². The lowest BCUT2D eigenvalue weighted by atomic mass is 9.93. The number of ketones is 2. The summed E-state index contributed by atoms with van der Waals surface area (Å²) in [5, 5.41) is 2.33. The molecule has 4 rings (SSSR count). The predicted molar refractivity (Wildman–Crippen MR) is 129 cm³/mol. The van der Waals surface area contributed by atoms with E-state index in [2.05, 4.69) is 5.32 Å². The summed E-state index contributed by atoms with van der Waals surface area (Å²) in [6.07, 6.45) is 1.03. The molecular formula is C27H22N2O6. The Kier molecular flexibility index (Phi) is 6.73. The first-order valence-electron chi connectivity index (χ1n) is 10.7. The van der Waals surface area contributed by atoms with Crippen molar-refractivity contribution in [2.75, 3.05) is 19.1 Å². The van der Waals surface area contributed by atoms with Gasteiger partial charge in [0.25, 0.3) is 0 Å². The van der Waals surface area contributed by atoms with Crippen molar-refractivity contribution in [2.45, 2.75) is 6.54 Å². The molecule has 8 heteroatoms. The Morgan fingerprint density at radius 1 is 0.800 bits per heavy atom. The lowest BCUT2D eigenvalue weighted by Crippen LogP contribution is -2.44. The van der Waals surface area contributed by atoms with E-state index in [1.807, 2.05) is 30.3 Å². The van der Waals surface area contributed by atoms with Gasteiger partial charge in [0.1, 0.15) is 17.2 Å². The SMILES string of the molecule is COc1cccc(OC)c1N(Cc1ccccc1)C(=O)C(=O)NC1=CC(=O)c2ccccc2C1=O. The van der Waals surface area contributed by atoms with Crippen molar-refractivity contribution in [3.05, 3.63) is 101 Å². The van der Waals surface area contributed by atoms with Crippen LogP contribution in [-0.4, -0.2) is 37.6 Å². The quantitative estimate of drug-likeness (QED) is 0.555. The molecule has 8 nitrogen and oxygen atoms in total. The van der Waals surface area contributed by atoms with Gasteiger partial charge in [-0.3, -0.25) is 24.1 Å². The van der Waals surface area contributed by atoms with Crippen LogP contribution in [0.25, 0.3) is 0 Å². The molecular weight excluding hydrogens is 448 g/mol. The van der Waals surface area contributed by atoms with Gasteiger partial charge in [0.15, 0.2) is 5.78 Å². The Balaban J connectivity index is 1.68. The van der Waals surface area contributed by atoms with E-state index >= 15 is 0 Å². The van der Waals surface area contributed by atoms with E-state index in [9.17, 15) is 19.2 Å². The topological polar surface area (TPSA) is 102 Å². The maximum Gasteiger partial charge on any atom is 0.317 e. The highest BCUT2D eigenvalue weighted by atomic mass is 16.5. The second kappa shape index (κ2) is 10.0. The van der Waals surface area contributed by atoms with Crippen LogP contribution in [0.15, 0.2) is 84.6 Å². The summed E-state index contributed by atoms with van der Waals surface area (Å²) < 4.78 is 10.9. The third kappa shape index (κ3) is 4.67.